The van der Waals surface area contributed by atoms with Gasteiger partial charge in [0, 0.05) is 38.1 Å². The van der Waals surface area contributed by atoms with Crippen molar-refractivity contribution >= 4 is 23.6 Å². The minimum absolute atomic E-state index is 0.0388. The van der Waals surface area contributed by atoms with Gasteiger partial charge in [-0.25, -0.2) is 0 Å². The average Bonchev–Trinajstić information content (AvgIpc) is 3.22. The maximum Gasteiger partial charge on any atom is 0.234 e. The van der Waals surface area contributed by atoms with E-state index in [2.05, 4.69) is 43.8 Å². The molecule has 2 fully saturated rings. The molecule has 1 N–H and O–H groups in total. The van der Waals surface area contributed by atoms with Gasteiger partial charge in [0.15, 0.2) is 5.16 Å². The number of thioether (sulfide) groups is 1. The van der Waals surface area contributed by atoms with Crippen LogP contribution in [0.1, 0.15) is 51.1 Å². The molecule has 1 atom stereocenters. The molecule has 150 valence electrons. The maximum absolute atomic E-state index is 12.9. The molecule has 1 saturated heterocycles. The minimum Gasteiger partial charge on any atom is -0.351 e. The van der Waals surface area contributed by atoms with E-state index in [0.717, 1.165) is 29.8 Å². The molecule has 4 rings (SSSR count). The highest BCUT2D eigenvalue weighted by atomic mass is 32.2. The first-order valence-corrected chi connectivity index (χ1v) is 11.0. The Kier molecular flexibility index (Phi) is 5.85. The molecule has 1 amide bonds. The SMILES string of the molecule is CC(C)C(Sc1nnc(N2CCCC2)n1C1CC1)C(=O)NCc1cccnc1. The molecule has 3 heterocycles. The Bertz CT molecular complexity index is 798. The summed E-state index contributed by atoms with van der Waals surface area (Å²) in [5, 5.41) is 12.7. The molecule has 8 heteroatoms. The van der Waals surface area contributed by atoms with Gasteiger partial charge in [0.1, 0.15) is 0 Å². The van der Waals surface area contributed by atoms with E-state index in [1.54, 1.807) is 24.2 Å². The fourth-order valence-electron chi connectivity index (χ4n) is 3.53. The quantitative estimate of drug-likeness (QED) is 0.687. The Morgan fingerprint density at radius 2 is 2.07 bits per heavy atom. The standard InChI is InChI=1S/C20H28N6OS/c1-14(2)17(18(27)22-13-15-6-5-9-21-12-15)28-20-24-23-19(25-10-3-4-11-25)26(20)16-7-8-16/h5-6,9,12,14,16-17H,3-4,7-8,10-11,13H2,1-2H3,(H,22,27). The van der Waals surface area contributed by atoms with Crippen molar-refractivity contribution in [3.8, 4) is 0 Å². The van der Waals surface area contributed by atoms with Gasteiger partial charge in [-0.15, -0.1) is 10.2 Å². The van der Waals surface area contributed by atoms with Gasteiger partial charge in [0.05, 0.1) is 5.25 Å². The lowest BCUT2D eigenvalue weighted by atomic mass is 10.1. The lowest BCUT2D eigenvalue weighted by molar-refractivity contribution is -0.121. The van der Waals surface area contributed by atoms with Crippen molar-refractivity contribution in [3.63, 3.8) is 0 Å². The van der Waals surface area contributed by atoms with E-state index in [1.165, 1.54) is 25.7 Å². The number of carbonyl (C=O) groups is 1. The normalized spacial score (nSPS) is 17.9. The van der Waals surface area contributed by atoms with Crippen LogP contribution in [0.25, 0.3) is 0 Å². The number of carbonyl (C=O) groups excluding carboxylic acids is 1. The summed E-state index contributed by atoms with van der Waals surface area (Å²) in [5.41, 5.74) is 1.00. The van der Waals surface area contributed by atoms with Crippen molar-refractivity contribution in [1.29, 1.82) is 0 Å². The van der Waals surface area contributed by atoms with Crippen LogP contribution in [-0.2, 0) is 11.3 Å². The fraction of sp³-hybridized carbons (Fsp3) is 0.600. The summed E-state index contributed by atoms with van der Waals surface area (Å²) in [7, 11) is 0. The second kappa shape index (κ2) is 8.51. The van der Waals surface area contributed by atoms with Gasteiger partial charge in [-0.05, 0) is 43.2 Å². The van der Waals surface area contributed by atoms with E-state index >= 15 is 0 Å². The zero-order valence-corrected chi connectivity index (χ0v) is 17.4. The van der Waals surface area contributed by atoms with Gasteiger partial charge in [0.2, 0.25) is 11.9 Å². The summed E-state index contributed by atoms with van der Waals surface area (Å²) < 4.78 is 2.28. The third kappa shape index (κ3) is 4.32. The van der Waals surface area contributed by atoms with Crippen LogP contribution in [0.2, 0.25) is 0 Å². The number of anilines is 1. The smallest absolute Gasteiger partial charge is 0.234 e. The molecule has 0 radical (unpaired) electrons. The van der Waals surface area contributed by atoms with Crippen molar-refractivity contribution in [2.45, 2.75) is 62.5 Å². The topological polar surface area (TPSA) is 75.9 Å². The van der Waals surface area contributed by atoms with Gasteiger partial charge < -0.3 is 10.2 Å². The fourth-order valence-corrected chi connectivity index (χ4v) is 4.65. The molecule has 0 spiro atoms. The molecule has 28 heavy (non-hydrogen) atoms. The molecule has 1 saturated carbocycles. The third-order valence-corrected chi connectivity index (χ3v) is 6.73. The van der Waals surface area contributed by atoms with Crippen molar-refractivity contribution in [3.05, 3.63) is 30.1 Å². The minimum atomic E-state index is -0.204. The number of hydrogen-bond donors (Lipinski definition) is 1. The van der Waals surface area contributed by atoms with Gasteiger partial charge in [-0.3, -0.25) is 14.3 Å². The molecule has 1 unspecified atom stereocenters. The number of nitrogens with one attached hydrogen (secondary N) is 1. The second-order valence-electron chi connectivity index (χ2n) is 7.94. The molecule has 1 aliphatic carbocycles. The number of amides is 1. The highest BCUT2D eigenvalue weighted by Gasteiger charge is 2.34. The molecular weight excluding hydrogens is 372 g/mol. The summed E-state index contributed by atoms with van der Waals surface area (Å²) >= 11 is 1.55. The molecule has 0 bridgehead atoms. The van der Waals surface area contributed by atoms with Gasteiger partial charge in [-0.2, -0.15) is 0 Å². The van der Waals surface area contributed by atoms with Crippen LogP contribution in [-0.4, -0.2) is 44.0 Å². The molecule has 2 aliphatic rings. The number of hydrogen-bond acceptors (Lipinski definition) is 6. The number of pyridine rings is 1. The number of aromatic nitrogens is 4. The van der Waals surface area contributed by atoms with E-state index in [1.807, 2.05) is 12.1 Å². The van der Waals surface area contributed by atoms with Crippen LogP contribution in [0, 0.1) is 5.92 Å². The van der Waals surface area contributed by atoms with Crippen LogP contribution in [0.15, 0.2) is 29.7 Å². The summed E-state index contributed by atoms with van der Waals surface area (Å²) in [5.74, 6) is 1.22. The summed E-state index contributed by atoms with van der Waals surface area (Å²) in [6.07, 6.45) is 8.29. The highest BCUT2D eigenvalue weighted by molar-refractivity contribution is 8.00. The Balaban J connectivity index is 1.48. The van der Waals surface area contributed by atoms with Crippen LogP contribution in [0.3, 0.4) is 0 Å². The van der Waals surface area contributed by atoms with E-state index in [9.17, 15) is 4.79 Å². The predicted molar refractivity (Wildman–Crippen MR) is 110 cm³/mol. The number of nitrogens with zero attached hydrogens (tertiary/aromatic N) is 5. The number of rotatable bonds is 8. The zero-order chi connectivity index (χ0) is 19.5. The van der Waals surface area contributed by atoms with Crippen molar-refractivity contribution in [2.24, 2.45) is 5.92 Å². The van der Waals surface area contributed by atoms with Crippen LogP contribution < -0.4 is 10.2 Å². The largest absolute Gasteiger partial charge is 0.351 e. The Labute approximate surface area is 170 Å². The van der Waals surface area contributed by atoms with E-state index < -0.39 is 0 Å². The molecule has 0 aromatic carbocycles. The average molecular weight is 401 g/mol. The van der Waals surface area contributed by atoms with Gasteiger partial charge in [0.25, 0.3) is 0 Å². The van der Waals surface area contributed by atoms with E-state index in [0.29, 0.717) is 12.6 Å². The lowest BCUT2D eigenvalue weighted by Gasteiger charge is -2.21. The summed E-state index contributed by atoms with van der Waals surface area (Å²) in [6, 6.07) is 4.34. The van der Waals surface area contributed by atoms with Crippen molar-refractivity contribution in [2.75, 3.05) is 18.0 Å². The van der Waals surface area contributed by atoms with E-state index in [-0.39, 0.29) is 17.1 Å². The lowest BCUT2D eigenvalue weighted by Crippen LogP contribution is -2.35. The zero-order valence-electron chi connectivity index (χ0n) is 16.5. The first-order valence-electron chi connectivity index (χ1n) is 10.2. The molecule has 1 aliphatic heterocycles. The van der Waals surface area contributed by atoms with Crippen LogP contribution >= 0.6 is 11.8 Å². The summed E-state index contributed by atoms with van der Waals surface area (Å²) in [4.78, 5) is 19.3. The maximum atomic E-state index is 12.9. The Morgan fingerprint density at radius 1 is 1.29 bits per heavy atom. The van der Waals surface area contributed by atoms with Crippen LogP contribution in [0.5, 0.6) is 0 Å². The molecule has 7 nitrogen and oxygen atoms in total. The monoisotopic (exact) mass is 400 g/mol. The second-order valence-corrected chi connectivity index (χ2v) is 9.05. The van der Waals surface area contributed by atoms with Gasteiger partial charge >= 0.3 is 0 Å². The van der Waals surface area contributed by atoms with Crippen molar-refractivity contribution in [1.82, 2.24) is 25.1 Å². The molecule has 2 aromatic heterocycles. The van der Waals surface area contributed by atoms with Crippen LogP contribution in [0.4, 0.5) is 5.95 Å². The van der Waals surface area contributed by atoms with Gasteiger partial charge in [-0.1, -0.05) is 31.7 Å². The highest BCUT2D eigenvalue weighted by Crippen LogP contribution is 2.42. The first-order chi connectivity index (χ1) is 13.6. The molecule has 2 aromatic rings. The first kappa shape index (κ1) is 19.2. The van der Waals surface area contributed by atoms with Crippen molar-refractivity contribution < 1.29 is 4.79 Å². The van der Waals surface area contributed by atoms with E-state index in [4.69, 9.17) is 0 Å². The third-order valence-electron chi connectivity index (χ3n) is 5.23. The summed E-state index contributed by atoms with van der Waals surface area (Å²) in [6.45, 7) is 6.76. The molecular formula is C20H28N6OS. The Morgan fingerprint density at radius 3 is 2.71 bits per heavy atom. The predicted octanol–water partition coefficient (Wildman–Crippen LogP) is 3.04. The Hall–Kier alpha value is -2.09.